The smallest absolute Gasteiger partial charge is 0.332 e. The zero-order valence-electron chi connectivity index (χ0n) is 17.5. The summed E-state index contributed by atoms with van der Waals surface area (Å²) >= 11 is 0. The lowest BCUT2D eigenvalue weighted by Crippen LogP contribution is -2.37. The summed E-state index contributed by atoms with van der Waals surface area (Å²) in [6, 6.07) is 8.16. The fourth-order valence-corrected chi connectivity index (χ4v) is 3.46. The average Bonchev–Trinajstić information content (AvgIpc) is 3.38. The molecule has 3 heterocycles. The van der Waals surface area contributed by atoms with Crippen molar-refractivity contribution in [3.63, 3.8) is 0 Å². The molecule has 0 aliphatic heterocycles. The summed E-state index contributed by atoms with van der Waals surface area (Å²) < 4.78 is 9.62. The van der Waals surface area contributed by atoms with E-state index in [1.165, 1.54) is 17.2 Å². The Bertz CT molecular complexity index is 1310. The van der Waals surface area contributed by atoms with E-state index in [2.05, 4.69) is 41.1 Å². The first-order valence-corrected chi connectivity index (χ1v) is 9.90. The SMILES string of the molecule is CC(C)c1ccc(-c2noc(CCCn3cnc4c3c(=O)n(C)c(=O)n4C)n2)cc1. The first kappa shape index (κ1) is 19.8. The number of imidazole rings is 1. The summed E-state index contributed by atoms with van der Waals surface area (Å²) in [6.45, 7) is 4.85. The molecule has 9 nitrogen and oxygen atoms in total. The van der Waals surface area contributed by atoms with Crippen molar-refractivity contribution in [2.75, 3.05) is 0 Å². The highest BCUT2D eigenvalue weighted by Gasteiger charge is 2.15. The molecule has 0 unspecified atom stereocenters. The van der Waals surface area contributed by atoms with E-state index in [1.807, 2.05) is 12.1 Å². The molecule has 9 heteroatoms. The minimum Gasteiger partial charge on any atom is -0.339 e. The van der Waals surface area contributed by atoms with Crippen molar-refractivity contribution in [2.45, 2.75) is 39.2 Å². The van der Waals surface area contributed by atoms with Gasteiger partial charge in [0.1, 0.15) is 0 Å². The molecule has 0 aliphatic rings. The van der Waals surface area contributed by atoms with Gasteiger partial charge in [0, 0.05) is 32.6 Å². The number of nitrogens with zero attached hydrogens (tertiary/aromatic N) is 6. The standard InChI is InChI=1S/C21H24N6O3/c1-13(2)14-7-9-15(10-8-14)18-23-16(30-24-18)6-5-11-27-12-22-19-17(27)20(28)26(4)21(29)25(19)3/h7-10,12-13H,5-6,11H2,1-4H3. The zero-order chi connectivity index (χ0) is 21.4. The zero-order valence-corrected chi connectivity index (χ0v) is 17.5. The Hall–Kier alpha value is -3.49. The number of benzene rings is 1. The van der Waals surface area contributed by atoms with Crippen LogP contribution in [0.25, 0.3) is 22.6 Å². The van der Waals surface area contributed by atoms with Crippen molar-refractivity contribution in [1.29, 1.82) is 0 Å². The number of hydrogen-bond donors (Lipinski definition) is 0. The molecule has 3 aromatic heterocycles. The van der Waals surface area contributed by atoms with Crippen molar-refractivity contribution in [3.05, 3.63) is 62.9 Å². The van der Waals surface area contributed by atoms with Crippen LogP contribution in [0.2, 0.25) is 0 Å². The van der Waals surface area contributed by atoms with Crippen LogP contribution >= 0.6 is 0 Å². The lowest BCUT2D eigenvalue weighted by atomic mass is 10.0. The van der Waals surface area contributed by atoms with Gasteiger partial charge in [-0.1, -0.05) is 43.3 Å². The molecule has 0 amide bonds. The third kappa shape index (κ3) is 3.47. The van der Waals surface area contributed by atoms with Crippen LogP contribution in [0.4, 0.5) is 0 Å². The molecule has 0 atom stereocenters. The molecule has 0 radical (unpaired) electrons. The topological polar surface area (TPSA) is 101 Å². The number of fused-ring (bicyclic) bond motifs is 1. The number of hydrogen-bond acceptors (Lipinski definition) is 6. The maximum absolute atomic E-state index is 12.5. The van der Waals surface area contributed by atoms with Crippen LogP contribution < -0.4 is 11.2 Å². The molecule has 0 spiro atoms. The van der Waals surface area contributed by atoms with E-state index < -0.39 is 5.69 Å². The van der Waals surface area contributed by atoms with E-state index in [1.54, 1.807) is 17.9 Å². The molecule has 0 saturated heterocycles. The van der Waals surface area contributed by atoms with E-state index >= 15 is 0 Å². The minimum absolute atomic E-state index is 0.351. The third-order valence-electron chi connectivity index (χ3n) is 5.31. The highest BCUT2D eigenvalue weighted by Crippen LogP contribution is 2.21. The average molecular weight is 408 g/mol. The second-order valence-electron chi connectivity index (χ2n) is 7.71. The molecule has 1 aromatic carbocycles. The van der Waals surface area contributed by atoms with E-state index in [0.29, 0.717) is 48.2 Å². The maximum Gasteiger partial charge on any atom is 0.332 e. The van der Waals surface area contributed by atoms with Crippen molar-refractivity contribution >= 4 is 11.2 Å². The van der Waals surface area contributed by atoms with Gasteiger partial charge < -0.3 is 9.09 Å². The summed E-state index contributed by atoms with van der Waals surface area (Å²) in [7, 11) is 3.07. The molecule has 4 aromatic rings. The van der Waals surface area contributed by atoms with Gasteiger partial charge in [-0.3, -0.25) is 13.9 Å². The van der Waals surface area contributed by atoms with Crippen LogP contribution in [-0.4, -0.2) is 28.8 Å². The quantitative estimate of drug-likeness (QED) is 0.485. The Labute approximate surface area is 172 Å². The van der Waals surface area contributed by atoms with Crippen molar-refractivity contribution in [3.8, 4) is 11.4 Å². The normalized spacial score (nSPS) is 11.6. The van der Waals surface area contributed by atoms with Crippen molar-refractivity contribution < 1.29 is 4.52 Å². The Morgan fingerprint density at radius 1 is 1.07 bits per heavy atom. The minimum atomic E-state index is -0.391. The van der Waals surface area contributed by atoms with Crippen LogP contribution in [0.3, 0.4) is 0 Å². The largest absolute Gasteiger partial charge is 0.339 e. The van der Waals surface area contributed by atoms with Crippen LogP contribution in [-0.2, 0) is 27.1 Å². The van der Waals surface area contributed by atoms with Gasteiger partial charge in [0.05, 0.1) is 6.33 Å². The Morgan fingerprint density at radius 2 is 1.80 bits per heavy atom. The Morgan fingerprint density at radius 3 is 2.50 bits per heavy atom. The Balaban J connectivity index is 1.47. The van der Waals surface area contributed by atoms with Crippen LogP contribution in [0.5, 0.6) is 0 Å². The summed E-state index contributed by atoms with van der Waals surface area (Å²) in [4.78, 5) is 33.2. The number of rotatable bonds is 6. The molecule has 156 valence electrons. The summed E-state index contributed by atoms with van der Waals surface area (Å²) in [5, 5.41) is 4.08. The number of aromatic nitrogens is 6. The van der Waals surface area contributed by atoms with Crippen LogP contribution in [0.1, 0.15) is 37.6 Å². The van der Waals surface area contributed by atoms with Gasteiger partial charge in [-0.2, -0.15) is 4.98 Å². The highest BCUT2D eigenvalue weighted by molar-refractivity contribution is 5.69. The monoisotopic (exact) mass is 408 g/mol. The van der Waals surface area contributed by atoms with E-state index in [4.69, 9.17) is 4.52 Å². The molecule has 0 N–H and O–H groups in total. The predicted octanol–water partition coefficient (Wildman–Crippen LogP) is 2.24. The molecule has 4 rings (SSSR count). The lowest BCUT2D eigenvalue weighted by molar-refractivity contribution is 0.373. The molecule has 0 bridgehead atoms. The van der Waals surface area contributed by atoms with Gasteiger partial charge in [0.2, 0.25) is 11.7 Å². The van der Waals surface area contributed by atoms with Crippen LogP contribution in [0.15, 0.2) is 44.7 Å². The molecule has 0 fully saturated rings. The molecular weight excluding hydrogens is 384 g/mol. The van der Waals surface area contributed by atoms with Gasteiger partial charge in [-0.25, -0.2) is 9.78 Å². The van der Waals surface area contributed by atoms with Crippen LogP contribution in [0, 0.1) is 0 Å². The lowest BCUT2D eigenvalue weighted by Gasteiger charge is -2.06. The fourth-order valence-electron chi connectivity index (χ4n) is 3.46. The first-order valence-electron chi connectivity index (χ1n) is 9.90. The van der Waals surface area contributed by atoms with Crippen molar-refractivity contribution in [1.82, 2.24) is 28.8 Å². The molecule has 0 aliphatic carbocycles. The van der Waals surface area contributed by atoms with Crippen molar-refractivity contribution in [2.24, 2.45) is 14.1 Å². The number of aryl methyl sites for hydroxylation is 3. The summed E-state index contributed by atoms with van der Waals surface area (Å²) in [6.07, 6.45) is 2.84. The van der Waals surface area contributed by atoms with E-state index in [-0.39, 0.29) is 5.56 Å². The molecule has 0 saturated carbocycles. The second kappa shape index (κ2) is 7.74. The first-order chi connectivity index (χ1) is 14.4. The van der Waals surface area contributed by atoms with Gasteiger partial charge in [0.15, 0.2) is 11.2 Å². The highest BCUT2D eigenvalue weighted by atomic mass is 16.5. The molecule has 30 heavy (non-hydrogen) atoms. The molecular formula is C21H24N6O3. The van der Waals surface area contributed by atoms with Gasteiger partial charge in [0.25, 0.3) is 5.56 Å². The van der Waals surface area contributed by atoms with Gasteiger partial charge in [-0.15, -0.1) is 0 Å². The van der Waals surface area contributed by atoms with Gasteiger partial charge >= 0.3 is 5.69 Å². The fraction of sp³-hybridized carbons (Fsp3) is 0.381. The van der Waals surface area contributed by atoms with E-state index in [9.17, 15) is 9.59 Å². The van der Waals surface area contributed by atoms with E-state index in [0.717, 1.165) is 10.1 Å². The van der Waals surface area contributed by atoms with Gasteiger partial charge in [-0.05, 0) is 17.9 Å². The Kier molecular flexibility index (Phi) is 5.11. The predicted molar refractivity (Wildman–Crippen MR) is 112 cm³/mol. The third-order valence-corrected chi connectivity index (χ3v) is 5.31. The second-order valence-corrected chi connectivity index (χ2v) is 7.71. The summed E-state index contributed by atoms with van der Waals surface area (Å²) in [5.74, 6) is 1.58. The maximum atomic E-state index is 12.5. The summed E-state index contributed by atoms with van der Waals surface area (Å²) in [5.41, 5.74) is 2.23.